The van der Waals surface area contributed by atoms with Crippen LogP contribution in [0.5, 0.6) is 0 Å². The van der Waals surface area contributed by atoms with Crippen molar-refractivity contribution in [3.8, 4) is 0 Å². The van der Waals surface area contributed by atoms with Crippen molar-refractivity contribution in [3.63, 3.8) is 0 Å². The summed E-state index contributed by atoms with van der Waals surface area (Å²) in [4.78, 5) is 14.4. The first-order chi connectivity index (χ1) is 11.4. The summed E-state index contributed by atoms with van der Waals surface area (Å²) in [6, 6.07) is 7.94. The predicted molar refractivity (Wildman–Crippen MR) is 108 cm³/mol. The molecule has 26 heavy (non-hydrogen) atoms. The molecule has 1 aromatic rings. The summed E-state index contributed by atoms with van der Waals surface area (Å²) in [6.07, 6.45) is 2.76. The Morgan fingerprint density at radius 1 is 1.12 bits per heavy atom. The van der Waals surface area contributed by atoms with Gasteiger partial charge in [-0.2, -0.15) is 0 Å². The van der Waals surface area contributed by atoms with Gasteiger partial charge in [0.2, 0.25) is 0 Å². The van der Waals surface area contributed by atoms with Crippen molar-refractivity contribution in [1.82, 2.24) is 10.2 Å². The minimum Gasteiger partial charge on any atom is -0.349 e. The molecule has 0 aromatic heterocycles. The molecular weight excluding hydrogens is 397 g/mol. The van der Waals surface area contributed by atoms with Crippen LogP contribution in [-0.2, 0) is 16.4 Å². The van der Waals surface area contributed by atoms with Crippen LogP contribution in [0.15, 0.2) is 24.3 Å². The number of hydrogen-bond acceptors (Lipinski definition) is 5. The second-order valence-corrected chi connectivity index (χ2v) is 9.17. The second kappa shape index (κ2) is 9.90. The highest BCUT2D eigenvalue weighted by Gasteiger charge is 2.24. The molecule has 0 bridgehead atoms. The molecule has 3 N–H and O–H groups in total. The van der Waals surface area contributed by atoms with Crippen LogP contribution in [0, 0.1) is 0 Å². The van der Waals surface area contributed by atoms with E-state index in [1.54, 1.807) is 0 Å². The van der Waals surface area contributed by atoms with E-state index in [2.05, 4.69) is 10.2 Å². The van der Waals surface area contributed by atoms with Gasteiger partial charge in [0.05, 0.1) is 11.5 Å². The summed E-state index contributed by atoms with van der Waals surface area (Å²) in [5.41, 5.74) is 7.62. The summed E-state index contributed by atoms with van der Waals surface area (Å²) in [6.45, 7) is 1.87. The first kappa shape index (κ1) is 23.2. The molecule has 9 heteroatoms. The minimum absolute atomic E-state index is 0. The average molecular weight is 424 g/mol. The van der Waals surface area contributed by atoms with Crippen molar-refractivity contribution >= 4 is 40.6 Å². The van der Waals surface area contributed by atoms with E-state index in [4.69, 9.17) is 5.73 Å². The number of carbonyl (C=O) groups is 1. The SMILES string of the molecule is Cl.Cl.N[C@@H]1CC[C@@H](NC(=O)c2ccc(CN3CCS(=O)(=O)CC3)cc2)C1. The maximum atomic E-state index is 12.3. The highest BCUT2D eigenvalue weighted by atomic mass is 35.5. The minimum atomic E-state index is -2.84. The number of amides is 1. The maximum Gasteiger partial charge on any atom is 0.251 e. The van der Waals surface area contributed by atoms with E-state index in [0.29, 0.717) is 18.7 Å². The molecule has 2 atom stereocenters. The van der Waals surface area contributed by atoms with Crippen molar-refractivity contribution < 1.29 is 13.2 Å². The molecule has 1 heterocycles. The molecule has 1 saturated heterocycles. The number of hydrogen-bond donors (Lipinski definition) is 2. The van der Waals surface area contributed by atoms with Crippen LogP contribution in [0.2, 0.25) is 0 Å². The molecule has 6 nitrogen and oxygen atoms in total. The van der Waals surface area contributed by atoms with Gasteiger partial charge in [-0.1, -0.05) is 12.1 Å². The second-order valence-electron chi connectivity index (χ2n) is 6.87. The fourth-order valence-electron chi connectivity index (χ4n) is 3.34. The standard InChI is InChI=1S/C17H25N3O3S.2ClH/c18-15-5-6-16(11-15)19-17(21)14-3-1-13(2-4-14)12-20-7-9-24(22,23)10-8-20;;/h1-4,15-16H,5-12,18H2,(H,19,21);2*1H/t15-,16-;;/m1../s1. The zero-order chi connectivity index (χ0) is 17.2. The molecule has 148 valence electrons. The topological polar surface area (TPSA) is 92.5 Å². The lowest BCUT2D eigenvalue weighted by Crippen LogP contribution is -2.39. The van der Waals surface area contributed by atoms with Crippen molar-refractivity contribution in [1.29, 1.82) is 0 Å². The third-order valence-corrected chi connectivity index (χ3v) is 6.48. The number of sulfone groups is 1. The van der Waals surface area contributed by atoms with Gasteiger partial charge in [-0.15, -0.1) is 24.8 Å². The van der Waals surface area contributed by atoms with Crippen LogP contribution in [0.25, 0.3) is 0 Å². The van der Waals surface area contributed by atoms with Crippen molar-refractivity contribution in [2.45, 2.75) is 37.9 Å². The lowest BCUT2D eigenvalue weighted by molar-refractivity contribution is 0.0937. The lowest BCUT2D eigenvalue weighted by atomic mass is 10.1. The van der Waals surface area contributed by atoms with Gasteiger partial charge in [0, 0.05) is 37.3 Å². The molecule has 0 unspecified atom stereocenters. The Labute approximate surface area is 167 Å². The zero-order valence-electron chi connectivity index (χ0n) is 14.6. The molecule has 0 radical (unpaired) electrons. The Hall–Kier alpha value is -0.860. The van der Waals surface area contributed by atoms with Gasteiger partial charge in [0.15, 0.2) is 9.84 Å². The van der Waals surface area contributed by atoms with Crippen molar-refractivity contribution in [2.24, 2.45) is 5.73 Å². The summed E-state index contributed by atoms with van der Waals surface area (Å²) < 4.78 is 22.9. The van der Waals surface area contributed by atoms with Crippen molar-refractivity contribution in [3.05, 3.63) is 35.4 Å². The highest BCUT2D eigenvalue weighted by Crippen LogP contribution is 2.18. The van der Waals surface area contributed by atoms with E-state index in [1.165, 1.54) is 0 Å². The summed E-state index contributed by atoms with van der Waals surface area (Å²) in [5.74, 6) is 0.415. The molecule has 1 amide bonds. The Kier molecular flexibility index (Phi) is 8.82. The molecule has 2 aliphatic rings. The van der Waals surface area contributed by atoms with E-state index >= 15 is 0 Å². The van der Waals surface area contributed by atoms with Crippen LogP contribution in [0.3, 0.4) is 0 Å². The van der Waals surface area contributed by atoms with Gasteiger partial charge in [-0.3, -0.25) is 9.69 Å². The normalized spacial score (nSPS) is 25.0. The number of carbonyl (C=O) groups excluding carboxylic acids is 1. The third kappa shape index (κ3) is 6.39. The summed E-state index contributed by atoms with van der Waals surface area (Å²) in [5, 5.41) is 3.04. The fraction of sp³-hybridized carbons (Fsp3) is 0.588. The van der Waals surface area contributed by atoms with Crippen LogP contribution in [-0.4, -0.2) is 55.9 Å². The molecule has 3 rings (SSSR count). The van der Waals surface area contributed by atoms with Gasteiger partial charge >= 0.3 is 0 Å². The van der Waals surface area contributed by atoms with Gasteiger partial charge in [0.25, 0.3) is 5.91 Å². The van der Waals surface area contributed by atoms with Crippen LogP contribution in [0.4, 0.5) is 0 Å². The van der Waals surface area contributed by atoms with Crippen LogP contribution < -0.4 is 11.1 Å². The molecular formula is C17H27Cl2N3O3S. The van der Waals surface area contributed by atoms with Gasteiger partial charge in [-0.05, 0) is 37.0 Å². The Morgan fingerprint density at radius 3 is 2.27 bits per heavy atom. The number of benzene rings is 1. The number of nitrogens with one attached hydrogen (secondary N) is 1. The van der Waals surface area contributed by atoms with Crippen LogP contribution >= 0.6 is 24.8 Å². The van der Waals surface area contributed by atoms with E-state index in [0.717, 1.165) is 31.4 Å². The first-order valence-corrected chi connectivity index (χ1v) is 10.3. The van der Waals surface area contributed by atoms with E-state index in [9.17, 15) is 13.2 Å². The van der Waals surface area contributed by atoms with E-state index < -0.39 is 9.84 Å². The average Bonchev–Trinajstić information content (AvgIpc) is 2.95. The first-order valence-electron chi connectivity index (χ1n) is 8.49. The predicted octanol–water partition coefficient (Wildman–Crippen LogP) is 1.37. The van der Waals surface area contributed by atoms with E-state index in [1.807, 2.05) is 24.3 Å². The fourth-order valence-corrected chi connectivity index (χ4v) is 4.62. The Morgan fingerprint density at radius 2 is 1.73 bits per heavy atom. The van der Waals surface area contributed by atoms with Gasteiger partial charge in [0.1, 0.15) is 0 Å². The number of rotatable bonds is 4. The smallest absolute Gasteiger partial charge is 0.251 e. The largest absolute Gasteiger partial charge is 0.349 e. The van der Waals surface area contributed by atoms with Crippen molar-refractivity contribution in [2.75, 3.05) is 24.6 Å². The Bertz CT molecular complexity index is 684. The monoisotopic (exact) mass is 423 g/mol. The quantitative estimate of drug-likeness (QED) is 0.762. The number of nitrogens with zero attached hydrogens (tertiary/aromatic N) is 1. The number of nitrogens with two attached hydrogens (primary N) is 1. The van der Waals surface area contributed by atoms with E-state index in [-0.39, 0.29) is 54.3 Å². The summed E-state index contributed by atoms with van der Waals surface area (Å²) in [7, 11) is -2.84. The summed E-state index contributed by atoms with van der Waals surface area (Å²) >= 11 is 0. The zero-order valence-corrected chi connectivity index (χ0v) is 17.0. The van der Waals surface area contributed by atoms with Gasteiger partial charge in [-0.25, -0.2) is 8.42 Å². The lowest BCUT2D eigenvalue weighted by Gasteiger charge is -2.26. The molecule has 0 spiro atoms. The highest BCUT2D eigenvalue weighted by molar-refractivity contribution is 7.91. The molecule has 2 fully saturated rings. The maximum absolute atomic E-state index is 12.3. The Balaban J connectivity index is 0.00000169. The molecule has 1 aromatic carbocycles. The molecule has 1 aliphatic heterocycles. The molecule has 1 aliphatic carbocycles. The molecule has 1 saturated carbocycles. The van der Waals surface area contributed by atoms with Crippen LogP contribution in [0.1, 0.15) is 35.2 Å². The van der Waals surface area contributed by atoms with Gasteiger partial charge < -0.3 is 11.1 Å². The third-order valence-electron chi connectivity index (χ3n) is 4.87. The number of halogens is 2.